The molecule has 20 heavy (non-hydrogen) atoms. The van der Waals surface area contributed by atoms with Crippen LogP contribution in [0.3, 0.4) is 0 Å². The highest BCUT2D eigenvalue weighted by molar-refractivity contribution is 5.69. The van der Waals surface area contributed by atoms with E-state index in [4.69, 9.17) is 11.0 Å². The highest BCUT2D eigenvalue weighted by Crippen LogP contribution is 2.23. The van der Waals surface area contributed by atoms with E-state index >= 15 is 0 Å². The fourth-order valence-electron chi connectivity index (χ4n) is 1.93. The lowest BCUT2D eigenvalue weighted by atomic mass is 10.1. The van der Waals surface area contributed by atoms with E-state index in [-0.39, 0.29) is 28.7 Å². The predicted octanol–water partition coefficient (Wildman–Crippen LogP) is 0.244. The number of fused-ring (bicyclic) bond motifs is 1. The quantitative estimate of drug-likeness (QED) is 0.579. The molecule has 0 aliphatic heterocycles. The summed E-state index contributed by atoms with van der Waals surface area (Å²) in [6.45, 7) is 0. The standard InChI is InChI=1S/C12H8N6O2/c13-5-8-9(6-1-3-7(19)4-2-6)18-12(15-10(8)20)16-11(14)17-18/h1-4,19H,(H3,14,15,16,17,20). The molecule has 0 radical (unpaired) electrons. The van der Waals surface area contributed by atoms with Crippen LogP contribution in [-0.4, -0.2) is 24.7 Å². The van der Waals surface area contributed by atoms with Crippen LogP contribution in [0.25, 0.3) is 17.0 Å². The molecule has 1 aromatic carbocycles. The molecule has 3 rings (SSSR count). The van der Waals surface area contributed by atoms with Crippen LogP contribution in [0.2, 0.25) is 0 Å². The van der Waals surface area contributed by atoms with Crippen molar-refractivity contribution < 1.29 is 5.11 Å². The van der Waals surface area contributed by atoms with E-state index < -0.39 is 5.56 Å². The van der Waals surface area contributed by atoms with Gasteiger partial charge in [-0.2, -0.15) is 14.8 Å². The summed E-state index contributed by atoms with van der Waals surface area (Å²) in [5, 5.41) is 22.4. The predicted molar refractivity (Wildman–Crippen MR) is 69.8 cm³/mol. The number of nitrogens with one attached hydrogen (secondary N) is 1. The minimum absolute atomic E-state index is 0.0178. The second-order valence-corrected chi connectivity index (χ2v) is 4.04. The Kier molecular flexibility index (Phi) is 2.40. The van der Waals surface area contributed by atoms with Crippen LogP contribution >= 0.6 is 0 Å². The van der Waals surface area contributed by atoms with Gasteiger partial charge >= 0.3 is 0 Å². The van der Waals surface area contributed by atoms with E-state index in [1.165, 1.54) is 16.6 Å². The number of hydrogen-bond acceptors (Lipinski definition) is 6. The maximum absolute atomic E-state index is 11.9. The molecule has 0 aliphatic carbocycles. The molecule has 8 nitrogen and oxygen atoms in total. The number of phenolic OH excluding ortho intramolecular Hbond substituents is 1. The molecule has 0 saturated carbocycles. The third-order valence-corrected chi connectivity index (χ3v) is 2.78. The fourth-order valence-corrected chi connectivity index (χ4v) is 1.93. The van der Waals surface area contributed by atoms with Crippen molar-refractivity contribution in [2.45, 2.75) is 0 Å². The monoisotopic (exact) mass is 268 g/mol. The Labute approximate surface area is 111 Å². The van der Waals surface area contributed by atoms with Gasteiger partial charge in [0.1, 0.15) is 17.4 Å². The lowest BCUT2D eigenvalue weighted by Gasteiger charge is -2.05. The number of nitriles is 1. The summed E-state index contributed by atoms with van der Waals surface area (Å²) in [6.07, 6.45) is 0. The number of aromatic nitrogens is 4. The average Bonchev–Trinajstić information content (AvgIpc) is 2.78. The number of nitrogens with two attached hydrogens (primary N) is 1. The second-order valence-electron chi connectivity index (χ2n) is 4.04. The Balaban J connectivity index is 2.46. The van der Waals surface area contributed by atoms with Crippen LogP contribution in [0.5, 0.6) is 5.75 Å². The van der Waals surface area contributed by atoms with Crippen LogP contribution in [0, 0.1) is 11.3 Å². The first kappa shape index (κ1) is 11.7. The van der Waals surface area contributed by atoms with Gasteiger partial charge in [-0.15, -0.1) is 5.10 Å². The Hall–Kier alpha value is -3.34. The summed E-state index contributed by atoms with van der Waals surface area (Å²) >= 11 is 0. The van der Waals surface area contributed by atoms with Crippen LogP contribution in [0.1, 0.15) is 5.56 Å². The molecular formula is C12H8N6O2. The topological polar surface area (TPSA) is 133 Å². The first-order valence-electron chi connectivity index (χ1n) is 5.58. The number of aromatic amines is 1. The number of rotatable bonds is 1. The number of nitrogen functional groups attached to an aromatic ring is 1. The number of nitrogens with zero attached hydrogens (tertiary/aromatic N) is 4. The van der Waals surface area contributed by atoms with E-state index in [0.29, 0.717) is 5.56 Å². The Morgan fingerprint density at radius 1 is 1.35 bits per heavy atom. The molecule has 0 amide bonds. The molecular weight excluding hydrogens is 260 g/mol. The highest BCUT2D eigenvalue weighted by Gasteiger charge is 2.17. The number of anilines is 1. The molecule has 0 bridgehead atoms. The third kappa shape index (κ3) is 1.65. The lowest BCUT2D eigenvalue weighted by Crippen LogP contribution is -2.16. The van der Waals surface area contributed by atoms with Crippen molar-refractivity contribution in [3.8, 4) is 23.1 Å². The first-order chi connectivity index (χ1) is 9.60. The zero-order valence-corrected chi connectivity index (χ0v) is 10.0. The summed E-state index contributed by atoms with van der Waals surface area (Å²) in [6, 6.07) is 7.88. The molecule has 0 atom stereocenters. The van der Waals surface area contributed by atoms with E-state index in [9.17, 15) is 9.90 Å². The Morgan fingerprint density at radius 3 is 2.70 bits per heavy atom. The van der Waals surface area contributed by atoms with Gasteiger partial charge in [-0.3, -0.25) is 9.78 Å². The van der Waals surface area contributed by atoms with Gasteiger partial charge in [0.15, 0.2) is 0 Å². The first-order valence-corrected chi connectivity index (χ1v) is 5.58. The highest BCUT2D eigenvalue weighted by atomic mass is 16.3. The SMILES string of the molecule is N#Cc1c(-c2ccc(O)cc2)n2nc(N)nc2[nH]c1=O. The molecule has 0 aliphatic rings. The van der Waals surface area contributed by atoms with Crippen molar-refractivity contribution in [2.24, 2.45) is 0 Å². The van der Waals surface area contributed by atoms with Crippen molar-refractivity contribution in [1.82, 2.24) is 19.6 Å². The number of hydrogen-bond donors (Lipinski definition) is 3. The Bertz CT molecular complexity index is 901. The van der Waals surface area contributed by atoms with Crippen molar-refractivity contribution in [2.75, 3.05) is 5.73 Å². The summed E-state index contributed by atoms with van der Waals surface area (Å²) in [4.78, 5) is 18.2. The maximum Gasteiger partial charge on any atom is 0.270 e. The van der Waals surface area contributed by atoms with Crippen LogP contribution in [0.4, 0.5) is 5.95 Å². The number of H-pyrrole nitrogens is 1. The third-order valence-electron chi connectivity index (χ3n) is 2.78. The normalized spacial score (nSPS) is 10.6. The fraction of sp³-hybridized carbons (Fsp3) is 0. The zero-order chi connectivity index (χ0) is 14.3. The van der Waals surface area contributed by atoms with E-state index in [1.54, 1.807) is 12.1 Å². The summed E-state index contributed by atoms with van der Waals surface area (Å²) in [5.74, 6) is 0.205. The molecule has 0 unspecified atom stereocenters. The molecule has 98 valence electrons. The molecule has 2 aromatic heterocycles. The van der Waals surface area contributed by atoms with E-state index in [1.807, 2.05) is 6.07 Å². The number of phenols is 1. The summed E-state index contributed by atoms with van der Waals surface area (Å²) in [5.41, 5.74) is 5.65. The van der Waals surface area contributed by atoms with Crippen molar-refractivity contribution >= 4 is 11.7 Å². The molecule has 0 fully saturated rings. The minimum atomic E-state index is -0.574. The minimum Gasteiger partial charge on any atom is -0.508 e. The zero-order valence-electron chi connectivity index (χ0n) is 10.0. The van der Waals surface area contributed by atoms with E-state index in [0.717, 1.165) is 0 Å². The van der Waals surface area contributed by atoms with Crippen LogP contribution in [0.15, 0.2) is 29.1 Å². The molecule has 4 N–H and O–H groups in total. The lowest BCUT2D eigenvalue weighted by molar-refractivity contribution is 0.475. The Morgan fingerprint density at radius 2 is 2.05 bits per heavy atom. The largest absolute Gasteiger partial charge is 0.508 e. The van der Waals surface area contributed by atoms with Gasteiger partial charge in [-0.1, -0.05) is 0 Å². The van der Waals surface area contributed by atoms with Gasteiger partial charge in [0.05, 0.1) is 5.69 Å². The van der Waals surface area contributed by atoms with E-state index in [2.05, 4.69) is 15.1 Å². The second kappa shape index (κ2) is 4.10. The van der Waals surface area contributed by atoms with Gasteiger partial charge in [-0.25, -0.2) is 0 Å². The summed E-state index contributed by atoms with van der Waals surface area (Å²) in [7, 11) is 0. The smallest absolute Gasteiger partial charge is 0.270 e. The van der Waals surface area contributed by atoms with Crippen molar-refractivity contribution in [1.29, 1.82) is 5.26 Å². The average molecular weight is 268 g/mol. The summed E-state index contributed by atoms with van der Waals surface area (Å²) < 4.78 is 1.29. The van der Waals surface area contributed by atoms with Gasteiger partial charge in [0, 0.05) is 5.56 Å². The maximum atomic E-state index is 11.9. The van der Waals surface area contributed by atoms with Gasteiger partial charge < -0.3 is 10.8 Å². The van der Waals surface area contributed by atoms with Crippen molar-refractivity contribution in [3.05, 3.63) is 40.2 Å². The van der Waals surface area contributed by atoms with Gasteiger partial charge in [0.25, 0.3) is 5.56 Å². The number of aromatic hydroxyl groups is 1. The molecule has 0 spiro atoms. The number of benzene rings is 1. The molecule has 2 heterocycles. The van der Waals surface area contributed by atoms with Gasteiger partial charge in [-0.05, 0) is 24.3 Å². The molecule has 0 saturated heterocycles. The molecule has 3 aromatic rings. The van der Waals surface area contributed by atoms with Gasteiger partial charge in [0.2, 0.25) is 11.7 Å². The van der Waals surface area contributed by atoms with Crippen LogP contribution < -0.4 is 11.3 Å². The van der Waals surface area contributed by atoms with Crippen molar-refractivity contribution in [3.63, 3.8) is 0 Å². The van der Waals surface area contributed by atoms with Crippen LogP contribution in [-0.2, 0) is 0 Å². The molecule has 8 heteroatoms.